The van der Waals surface area contributed by atoms with Gasteiger partial charge in [0.05, 0.1) is 12.2 Å². The Morgan fingerprint density at radius 2 is 2.04 bits per heavy atom. The number of amides is 1. The van der Waals surface area contributed by atoms with Crippen LogP contribution in [0.4, 0.5) is 0 Å². The molecule has 1 aliphatic rings. The fourth-order valence-electron chi connectivity index (χ4n) is 2.89. The lowest BCUT2D eigenvalue weighted by Gasteiger charge is -2.26. The second-order valence-electron chi connectivity index (χ2n) is 5.48. The van der Waals surface area contributed by atoms with Gasteiger partial charge in [-0.05, 0) is 28.1 Å². The highest BCUT2D eigenvalue weighted by atomic mass is 79.9. The van der Waals surface area contributed by atoms with Crippen LogP contribution in [0.1, 0.15) is 21.8 Å². The molecule has 6 heteroatoms. The topological polar surface area (TPSA) is 62.1 Å². The summed E-state index contributed by atoms with van der Waals surface area (Å²) in [5, 5.41) is 7.55. The Balaban J connectivity index is 1.64. The highest BCUT2D eigenvalue weighted by Gasteiger charge is 2.27. The molecule has 1 N–H and O–H groups in total. The SMILES string of the molecule is O=C(c1ccc(Br)o1)N1CCc2[nH]nc(-c3ccccc3)c2C1. The van der Waals surface area contributed by atoms with Crippen LogP contribution in [-0.2, 0) is 13.0 Å². The number of rotatable bonds is 2. The maximum atomic E-state index is 12.6. The number of hydrogen-bond acceptors (Lipinski definition) is 3. The van der Waals surface area contributed by atoms with Gasteiger partial charge < -0.3 is 9.32 Å². The zero-order valence-electron chi connectivity index (χ0n) is 12.3. The summed E-state index contributed by atoms with van der Waals surface area (Å²) in [7, 11) is 0. The molecule has 116 valence electrons. The van der Waals surface area contributed by atoms with Gasteiger partial charge in [-0.1, -0.05) is 30.3 Å². The summed E-state index contributed by atoms with van der Waals surface area (Å²) >= 11 is 3.23. The molecule has 0 atom stereocenters. The minimum atomic E-state index is -0.0958. The van der Waals surface area contributed by atoms with Gasteiger partial charge in [0.2, 0.25) is 0 Å². The Kier molecular flexibility index (Phi) is 3.53. The van der Waals surface area contributed by atoms with Crippen molar-refractivity contribution in [3.8, 4) is 11.3 Å². The van der Waals surface area contributed by atoms with Gasteiger partial charge in [-0.2, -0.15) is 5.10 Å². The number of H-pyrrole nitrogens is 1. The molecule has 1 amide bonds. The average molecular weight is 372 g/mol. The molecule has 3 aromatic rings. The van der Waals surface area contributed by atoms with Gasteiger partial charge in [0.1, 0.15) is 0 Å². The number of aromatic nitrogens is 2. The van der Waals surface area contributed by atoms with E-state index in [1.807, 2.05) is 30.3 Å². The molecule has 0 saturated heterocycles. The number of halogens is 1. The molecule has 0 spiro atoms. The molecule has 0 saturated carbocycles. The second-order valence-corrected chi connectivity index (χ2v) is 6.26. The van der Waals surface area contributed by atoms with Gasteiger partial charge in [0.15, 0.2) is 10.4 Å². The van der Waals surface area contributed by atoms with Gasteiger partial charge in [0.25, 0.3) is 5.91 Å². The summed E-state index contributed by atoms with van der Waals surface area (Å²) in [6.45, 7) is 1.19. The van der Waals surface area contributed by atoms with Gasteiger partial charge in [-0.3, -0.25) is 9.89 Å². The summed E-state index contributed by atoms with van der Waals surface area (Å²) in [6, 6.07) is 13.4. The van der Waals surface area contributed by atoms with Crippen molar-refractivity contribution in [3.63, 3.8) is 0 Å². The van der Waals surface area contributed by atoms with E-state index in [4.69, 9.17) is 4.42 Å². The summed E-state index contributed by atoms with van der Waals surface area (Å²) in [4.78, 5) is 14.4. The molecule has 1 aromatic carbocycles. The number of carbonyl (C=O) groups excluding carboxylic acids is 1. The predicted molar refractivity (Wildman–Crippen MR) is 88.9 cm³/mol. The van der Waals surface area contributed by atoms with Crippen LogP contribution in [0.25, 0.3) is 11.3 Å². The Morgan fingerprint density at radius 3 is 2.78 bits per heavy atom. The van der Waals surface area contributed by atoms with Crippen molar-refractivity contribution in [3.05, 3.63) is 64.2 Å². The van der Waals surface area contributed by atoms with Crippen molar-refractivity contribution in [2.45, 2.75) is 13.0 Å². The third-order valence-corrected chi connectivity index (χ3v) is 4.48. The van der Waals surface area contributed by atoms with E-state index < -0.39 is 0 Å². The molecular formula is C17H14BrN3O2. The van der Waals surface area contributed by atoms with Crippen LogP contribution >= 0.6 is 15.9 Å². The summed E-state index contributed by atoms with van der Waals surface area (Å²) < 4.78 is 5.95. The molecule has 4 rings (SSSR count). The highest BCUT2D eigenvalue weighted by molar-refractivity contribution is 9.10. The van der Waals surface area contributed by atoms with E-state index in [0.29, 0.717) is 23.5 Å². The van der Waals surface area contributed by atoms with Gasteiger partial charge >= 0.3 is 0 Å². The van der Waals surface area contributed by atoms with E-state index in [0.717, 1.165) is 28.9 Å². The molecule has 5 nitrogen and oxygen atoms in total. The number of carbonyl (C=O) groups is 1. The summed E-state index contributed by atoms with van der Waals surface area (Å²) in [6.07, 6.45) is 0.767. The molecule has 0 unspecified atom stereocenters. The van der Waals surface area contributed by atoms with Crippen LogP contribution in [0.15, 0.2) is 51.6 Å². The number of furan rings is 1. The lowest BCUT2D eigenvalue weighted by Crippen LogP contribution is -2.35. The molecule has 1 aliphatic heterocycles. The molecule has 23 heavy (non-hydrogen) atoms. The van der Waals surface area contributed by atoms with Crippen LogP contribution < -0.4 is 0 Å². The lowest BCUT2D eigenvalue weighted by atomic mass is 10.0. The quantitative estimate of drug-likeness (QED) is 0.747. The van der Waals surface area contributed by atoms with Crippen molar-refractivity contribution in [2.24, 2.45) is 0 Å². The van der Waals surface area contributed by atoms with Gasteiger partial charge in [-0.25, -0.2) is 0 Å². The average Bonchev–Trinajstić information content (AvgIpc) is 3.20. The van der Waals surface area contributed by atoms with E-state index >= 15 is 0 Å². The number of aromatic amines is 1. The number of nitrogens with one attached hydrogen (secondary N) is 1. The zero-order valence-corrected chi connectivity index (χ0v) is 13.8. The first-order valence-electron chi connectivity index (χ1n) is 7.38. The second kappa shape index (κ2) is 5.70. The Bertz CT molecular complexity index is 854. The van der Waals surface area contributed by atoms with Crippen molar-refractivity contribution in [2.75, 3.05) is 6.54 Å². The summed E-state index contributed by atoms with van der Waals surface area (Å²) in [5.74, 6) is 0.256. The van der Waals surface area contributed by atoms with Crippen LogP contribution in [0.3, 0.4) is 0 Å². The molecule has 2 aromatic heterocycles. The number of benzene rings is 1. The van der Waals surface area contributed by atoms with Crippen molar-refractivity contribution in [1.29, 1.82) is 0 Å². The highest BCUT2D eigenvalue weighted by Crippen LogP contribution is 2.29. The molecule has 3 heterocycles. The van der Waals surface area contributed by atoms with Crippen LogP contribution in [-0.4, -0.2) is 27.5 Å². The zero-order chi connectivity index (χ0) is 15.8. The van der Waals surface area contributed by atoms with Crippen LogP contribution in [0.5, 0.6) is 0 Å². The lowest BCUT2D eigenvalue weighted by molar-refractivity contribution is 0.0701. The van der Waals surface area contributed by atoms with Gasteiger partial charge in [0, 0.05) is 29.8 Å². The van der Waals surface area contributed by atoms with Crippen molar-refractivity contribution < 1.29 is 9.21 Å². The van der Waals surface area contributed by atoms with Crippen LogP contribution in [0, 0.1) is 0 Å². The minimum Gasteiger partial charge on any atom is -0.444 e. The third kappa shape index (κ3) is 2.59. The minimum absolute atomic E-state index is 0.0958. The maximum absolute atomic E-state index is 12.6. The van der Waals surface area contributed by atoms with E-state index in [9.17, 15) is 4.79 Å². The number of nitrogens with zero attached hydrogens (tertiary/aromatic N) is 2. The maximum Gasteiger partial charge on any atom is 0.289 e. The Labute approximate surface area is 141 Å². The molecule has 0 aliphatic carbocycles. The van der Waals surface area contributed by atoms with Gasteiger partial charge in [-0.15, -0.1) is 0 Å². The number of hydrogen-bond donors (Lipinski definition) is 1. The fourth-order valence-corrected chi connectivity index (χ4v) is 3.19. The normalized spacial score (nSPS) is 13.9. The summed E-state index contributed by atoms with van der Waals surface area (Å²) in [5.41, 5.74) is 4.16. The third-order valence-electron chi connectivity index (χ3n) is 4.05. The van der Waals surface area contributed by atoms with Crippen LogP contribution in [0.2, 0.25) is 0 Å². The first-order valence-corrected chi connectivity index (χ1v) is 8.18. The number of fused-ring (bicyclic) bond motifs is 1. The molecule has 0 fully saturated rings. The first kappa shape index (κ1) is 14.3. The van der Waals surface area contributed by atoms with Crippen molar-refractivity contribution in [1.82, 2.24) is 15.1 Å². The molecular weight excluding hydrogens is 358 g/mol. The van der Waals surface area contributed by atoms with Crippen molar-refractivity contribution >= 4 is 21.8 Å². The molecule has 0 bridgehead atoms. The van der Waals surface area contributed by atoms with E-state index in [1.165, 1.54) is 0 Å². The first-order chi connectivity index (χ1) is 11.2. The largest absolute Gasteiger partial charge is 0.444 e. The monoisotopic (exact) mass is 371 g/mol. The smallest absolute Gasteiger partial charge is 0.289 e. The Morgan fingerprint density at radius 1 is 1.22 bits per heavy atom. The predicted octanol–water partition coefficient (Wildman–Crippen LogP) is 3.63. The van der Waals surface area contributed by atoms with E-state index in [2.05, 4.69) is 26.1 Å². The fraction of sp³-hybridized carbons (Fsp3) is 0.176. The Hall–Kier alpha value is -2.34. The molecule has 0 radical (unpaired) electrons. The van der Waals surface area contributed by atoms with E-state index in [1.54, 1.807) is 17.0 Å². The standard InChI is InChI=1S/C17H14BrN3O2/c18-15-7-6-14(23-15)17(22)21-9-8-13-12(10-21)16(20-19-13)11-4-2-1-3-5-11/h1-7H,8-10H2,(H,19,20). The van der Waals surface area contributed by atoms with E-state index in [-0.39, 0.29) is 5.91 Å².